The first-order valence-electron chi connectivity index (χ1n) is 7.08. The Labute approximate surface area is 134 Å². The van der Waals surface area contributed by atoms with Crippen molar-refractivity contribution in [2.45, 2.75) is 20.3 Å². The van der Waals surface area contributed by atoms with Crippen LogP contribution >= 0.6 is 11.6 Å². The van der Waals surface area contributed by atoms with Gasteiger partial charge in [-0.15, -0.1) is 0 Å². The number of hydrazine groups is 1. The van der Waals surface area contributed by atoms with Crippen LogP contribution in [0.3, 0.4) is 0 Å². The van der Waals surface area contributed by atoms with Crippen molar-refractivity contribution in [3.8, 4) is 0 Å². The lowest BCUT2D eigenvalue weighted by atomic mass is 10.2. The lowest BCUT2D eigenvalue weighted by Gasteiger charge is -2.25. The zero-order valence-corrected chi connectivity index (χ0v) is 13.6. The van der Waals surface area contributed by atoms with Crippen molar-refractivity contribution in [2.24, 2.45) is 7.05 Å². The quantitative estimate of drug-likeness (QED) is 0.797. The standard InChI is InChI=1S/C14H19ClN4O3/c1-4-22-14(21)19-9-5-8-18(19)12(20)7-6-11-10(2)16-17(3)13(11)15/h6-7H,4-5,8-9H2,1-3H3. The summed E-state index contributed by atoms with van der Waals surface area (Å²) in [4.78, 5) is 24.1. The molecule has 120 valence electrons. The molecule has 7 nitrogen and oxygen atoms in total. The normalized spacial score (nSPS) is 14.9. The molecular formula is C14H19ClN4O3. The Bertz CT molecular complexity index is 611. The monoisotopic (exact) mass is 326 g/mol. The molecule has 0 aliphatic carbocycles. The van der Waals surface area contributed by atoms with Crippen LogP contribution in [-0.2, 0) is 16.6 Å². The largest absolute Gasteiger partial charge is 0.448 e. The van der Waals surface area contributed by atoms with Crippen molar-refractivity contribution in [1.29, 1.82) is 0 Å². The molecule has 1 aliphatic heterocycles. The Balaban J connectivity index is 2.11. The highest BCUT2D eigenvalue weighted by Crippen LogP contribution is 2.20. The second-order valence-electron chi connectivity index (χ2n) is 4.88. The maximum absolute atomic E-state index is 12.3. The van der Waals surface area contributed by atoms with E-state index < -0.39 is 6.09 Å². The number of rotatable bonds is 3. The molecular weight excluding hydrogens is 308 g/mol. The zero-order valence-electron chi connectivity index (χ0n) is 12.9. The molecule has 1 aliphatic rings. The Morgan fingerprint density at radius 3 is 2.64 bits per heavy atom. The lowest BCUT2D eigenvalue weighted by molar-refractivity contribution is -0.136. The average molecular weight is 327 g/mol. The van der Waals surface area contributed by atoms with Crippen LogP contribution in [0.2, 0.25) is 5.15 Å². The molecule has 0 aromatic carbocycles. The van der Waals surface area contributed by atoms with Gasteiger partial charge in [0.05, 0.1) is 12.3 Å². The van der Waals surface area contributed by atoms with Gasteiger partial charge in [-0.3, -0.25) is 9.48 Å². The maximum Gasteiger partial charge on any atom is 0.428 e. The smallest absolute Gasteiger partial charge is 0.428 e. The minimum absolute atomic E-state index is 0.275. The summed E-state index contributed by atoms with van der Waals surface area (Å²) in [6, 6.07) is 0. The molecule has 0 atom stereocenters. The molecule has 1 fully saturated rings. The molecule has 0 unspecified atom stereocenters. The minimum atomic E-state index is -0.502. The van der Waals surface area contributed by atoms with E-state index in [0.717, 1.165) is 12.1 Å². The van der Waals surface area contributed by atoms with Gasteiger partial charge in [0.15, 0.2) is 0 Å². The third kappa shape index (κ3) is 3.24. The fourth-order valence-electron chi connectivity index (χ4n) is 2.31. The van der Waals surface area contributed by atoms with E-state index >= 15 is 0 Å². The number of carbonyl (C=O) groups is 2. The highest BCUT2D eigenvalue weighted by molar-refractivity contribution is 6.31. The highest BCUT2D eigenvalue weighted by Gasteiger charge is 2.30. The number of ether oxygens (including phenoxy) is 1. The molecule has 0 radical (unpaired) electrons. The third-order valence-electron chi connectivity index (χ3n) is 3.35. The van der Waals surface area contributed by atoms with Crippen LogP contribution in [0, 0.1) is 6.92 Å². The van der Waals surface area contributed by atoms with E-state index in [1.54, 1.807) is 24.7 Å². The summed E-state index contributed by atoms with van der Waals surface area (Å²) in [5, 5.41) is 7.35. The van der Waals surface area contributed by atoms with Gasteiger partial charge < -0.3 is 4.74 Å². The number of hydrogen-bond donors (Lipinski definition) is 0. The Morgan fingerprint density at radius 2 is 2.05 bits per heavy atom. The Kier molecular flexibility index (Phi) is 5.07. The number of aryl methyl sites for hydroxylation is 2. The van der Waals surface area contributed by atoms with Gasteiger partial charge in [0, 0.05) is 31.8 Å². The molecule has 1 aromatic heterocycles. The second kappa shape index (κ2) is 6.83. The van der Waals surface area contributed by atoms with E-state index in [1.165, 1.54) is 16.1 Å². The third-order valence-corrected chi connectivity index (χ3v) is 3.80. The average Bonchev–Trinajstić information content (AvgIpc) is 3.04. The van der Waals surface area contributed by atoms with Crippen molar-refractivity contribution in [2.75, 3.05) is 19.7 Å². The molecule has 0 spiro atoms. The van der Waals surface area contributed by atoms with Gasteiger partial charge in [0.25, 0.3) is 5.91 Å². The fourth-order valence-corrected chi connectivity index (χ4v) is 2.54. The van der Waals surface area contributed by atoms with Crippen molar-refractivity contribution in [1.82, 2.24) is 19.8 Å². The predicted molar refractivity (Wildman–Crippen MR) is 82.0 cm³/mol. The second-order valence-corrected chi connectivity index (χ2v) is 5.24. The number of nitrogens with zero attached hydrogens (tertiary/aromatic N) is 4. The Morgan fingerprint density at radius 1 is 1.36 bits per heavy atom. The van der Waals surface area contributed by atoms with Gasteiger partial charge in [0.2, 0.25) is 0 Å². The Hall–Kier alpha value is -2.02. The predicted octanol–water partition coefficient (Wildman–Crippen LogP) is 2.00. The molecule has 22 heavy (non-hydrogen) atoms. The summed E-state index contributed by atoms with van der Waals surface area (Å²) in [6.07, 6.45) is 3.24. The maximum atomic E-state index is 12.3. The summed E-state index contributed by atoms with van der Waals surface area (Å²) < 4.78 is 6.49. The molecule has 1 saturated heterocycles. The van der Waals surface area contributed by atoms with E-state index in [2.05, 4.69) is 5.10 Å². The van der Waals surface area contributed by atoms with Crippen molar-refractivity contribution in [3.63, 3.8) is 0 Å². The van der Waals surface area contributed by atoms with Crippen molar-refractivity contribution >= 4 is 29.7 Å². The van der Waals surface area contributed by atoms with Crippen LogP contribution in [0.5, 0.6) is 0 Å². The van der Waals surface area contributed by atoms with Gasteiger partial charge in [-0.25, -0.2) is 14.8 Å². The van der Waals surface area contributed by atoms with E-state index in [-0.39, 0.29) is 12.5 Å². The SMILES string of the molecule is CCOC(=O)N1CCCN1C(=O)C=Cc1c(C)nn(C)c1Cl. The van der Waals surface area contributed by atoms with Gasteiger partial charge in [0.1, 0.15) is 5.15 Å². The topological polar surface area (TPSA) is 67.7 Å². The summed E-state index contributed by atoms with van der Waals surface area (Å²) in [7, 11) is 1.73. The molecule has 0 bridgehead atoms. The van der Waals surface area contributed by atoms with Crippen molar-refractivity contribution < 1.29 is 14.3 Å². The molecule has 2 heterocycles. The molecule has 8 heteroatoms. The van der Waals surface area contributed by atoms with Crippen LogP contribution in [0.4, 0.5) is 4.79 Å². The number of hydrogen-bond acceptors (Lipinski definition) is 4. The first-order valence-corrected chi connectivity index (χ1v) is 7.46. The van der Waals surface area contributed by atoms with E-state index in [9.17, 15) is 9.59 Å². The molecule has 0 N–H and O–H groups in total. The fraction of sp³-hybridized carbons (Fsp3) is 0.500. The van der Waals surface area contributed by atoms with Gasteiger partial charge >= 0.3 is 6.09 Å². The zero-order chi connectivity index (χ0) is 16.3. The first kappa shape index (κ1) is 16.4. The van der Waals surface area contributed by atoms with E-state index in [0.29, 0.717) is 23.8 Å². The van der Waals surface area contributed by atoms with Crippen LogP contribution in [0.15, 0.2) is 6.08 Å². The van der Waals surface area contributed by atoms with Crippen LogP contribution in [-0.4, -0.2) is 51.5 Å². The van der Waals surface area contributed by atoms with E-state index in [4.69, 9.17) is 16.3 Å². The first-order chi connectivity index (χ1) is 10.5. The number of amides is 2. The highest BCUT2D eigenvalue weighted by atomic mass is 35.5. The molecule has 2 amide bonds. The van der Waals surface area contributed by atoms with Crippen LogP contribution in [0.1, 0.15) is 24.6 Å². The van der Waals surface area contributed by atoms with Gasteiger partial charge in [-0.05, 0) is 26.3 Å². The summed E-state index contributed by atoms with van der Waals surface area (Å²) in [6.45, 7) is 4.79. The lowest BCUT2D eigenvalue weighted by Crippen LogP contribution is -2.44. The number of halogens is 1. The molecule has 0 saturated carbocycles. The van der Waals surface area contributed by atoms with Crippen molar-refractivity contribution in [3.05, 3.63) is 22.5 Å². The number of aromatic nitrogens is 2. The summed E-state index contributed by atoms with van der Waals surface area (Å²) in [5.74, 6) is -0.287. The molecule has 2 rings (SSSR count). The number of carbonyl (C=O) groups excluding carboxylic acids is 2. The van der Waals surface area contributed by atoms with Crippen LogP contribution in [0.25, 0.3) is 6.08 Å². The van der Waals surface area contributed by atoms with Gasteiger partial charge in [-0.2, -0.15) is 5.10 Å². The molecule has 1 aromatic rings. The summed E-state index contributed by atoms with van der Waals surface area (Å²) >= 11 is 6.12. The summed E-state index contributed by atoms with van der Waals surface area (Å²) in [5.41, 5.74) is 1.43. The minimum Gasteiger partial charge on any atom is -0.448 e. The van der Waals surface area contributed by atoms with Crippen LogP contribution < -0.4 is 0 Å². The van der Waals surface area contributed by atoms with Gasteiger partial charge in [-0.1, -0.05) is 11.6 Å². The van der Waals surface area contributed by atoms with E-state index in [1.807, 2.05) is 6.92 Å².